The van der Waals surface area contributed by atoms with Crippen LogP contribution in [-0.2, 0) is 0 Å². The van der Waals surface area contributed by atoms with Crippen molar-refractivity contribution in [3.63, 3.8) is 0 Å². The van der Waals surface area contributed by atoms with Gasteiger partial charge in [-0.05, 0) is 0 Å². The monoisotopic (exact) mass is 316 g/mol. The van der Waals surface area contributed by atoms with E-state index in [2.05, 4.69) is 0 Å². The lowest BCUT2D eigenvalue weighted by molar-refractivity contribution is -0.375. The first-order valence-corrected chi connectivity index (χ1v) is 4.12. The number of hydrogen-bond donors (Lipinski definition) is 0. The smallest absolute Gasteiger partial charge is 0.233 e. The summed E-state index contributed by atoms with van der Waals surface area (Å²) >= 11 is 0. The van der Waals surface area contributed by atoms with E-state index in [1.807, 2.05) is 0 Å². The minimum atomic E-state index is -6.95. The van der Waals surface area contributed by atoms with Crippen molar-refractivity contribution in [1.82, 2.24) is 0 Å². The Morgan fingerprint density at radius 1 is 0.632 bits per heavy atom. The topological polar surface area (TPSA) is 0 Å². The standard InChI is InChI=1S/C7H4F12/c1-3(9,10)6(15,16)4(11,12)2(8)5(13,14)7(17,18)19/h2H,1H3. The van der Waals surface area contributed by atoms with Crippen molar-refractivity contribution in [3.05, 3.63) is 0 Å². The number of hydrogen-bond acceptors (Lipinski definition) is 0. The second-order valence-corrected chi connectivity index (χ2v) is 3.57. The summed E-state index contributed by atoms with van der Waals surface area (Å²) in [6.45, 7) is -0.876. The van der Waals surface area contributed by atoms with Crippen LogP contribution in [0.2, 0.25) is 0 Å². The first-order valence-electron chi connectivity index (χ1n) is 4.12. The summed E-state index contributed by atoms with van der Waals surface area (Å²) in [5, 5.41) is 0. The van der Waals surface area contributed by atoms with Gasteiger partial charge in [-0.1, -0.05) is 0 Å². The van der Waals surface area contributed by atoms with E-state index in [1.165, 1.54) is 0 Å². The first kappa shape index (κ1) is 18.2. The van der Waals surface area contributed by atoms with Crippen LogP contribution >= 0.6 is 0 Å². The van der Waals surface area contributed by atoms with Crippen molar-refractivity contribution in [2.45, 2.75) is 43.0 Å². The highest BCUT2D eigenvalue weighted by molar-refractivity contribution is 5.04. The minimum absolute atomic E-state index is 0.876. The third kappa shape index (κ3) is 2.71. The highest BCUT2D eigenvalue weighted by Crippen LogP contribution is 2.53. The fraction of sp³-hybridized carbons (Fsp3) is 1.00. The van der Waals surface area contributed by atoms with Gasteiger partial charge in [0.05, 0.1) is 0 Å². The average molecular weight is 316 g/mol. The molecule has 0 aliphatic rings. The third-order valence-electron chi connectivity index (χ3n) is 1.98. The van der Waals surface area contributed by atoms with Crippen LogP contribution in [0.3, 0.4) is 0 Å². The van der Waals surface area contributed by atoms with Gasteiger partial charge in [-0.25, -0.2) is 4.39 Å². The Balaban J connectivity index is 5.70. The maximum atomic E-state index is 12.5. The van der Waals surface area contributed by atoms with Gasteiger partial charge in [0.25, 0.3) is 0 Å². The molecule has 0 aliphatic heterocycles. The van der Waals surface area contributed by atoms with Gasteiger partial charge in [0.15, 0.2) is 0 Å². The lowest BCUT2D eigenvalue weighted by atomic mass is 9.97. The molecule has 116 valence electrons. The van der Waals surface area contributed by atoms with E-state index in [1.54, 1.807) is 0 Å². The Hall–Kier alpha value is -0.840. The summed E-state index contributed by atoms with van der Waals surface area (Å²) in [7, 11) is 0. The Bertz CT molecular complexity index is 320. The highest BCUT2D eigenvalue weighted by atomic mass is 19.4. The lowest BCUT2D eigenvalue weighted by Crippen LogP contribution is -2.63. The molecule has 0 bridgehead atoms. The zero-order chi connectivity index (χ0) is 16.1. The average Bonchev–Trinajstić information content (AvgIpc) is 2.12. The van der Waals surface area contributed by atoms with E-state index in [0.29, 0.717) is 0 Å². The van der Waals surface area contributed by atoms with Gasteiger partial charge in [0, 0.05) is 6.92 Å². The summed E-state index contributed by atoms with van der Waals surface area (Å²) in [5.74, 6) is -26.3. The molecule has 19 heavy (non-hydrogen) atoms. The van der Waals surface area contributed by atoms with E-state index >= 15 is 0 Å². The number of rotatable bonds is 4. The molecule has 0 aromatic rings. The first-order chi connectivity index (χ1) is 7.90. The van der Waals surface area contributed by atoms with Crippen molar-refractivity contribution in [2.75, 3.05) is 0 Å². The van der Waals surface area contributed by atoms with E-state index in [-0.39, 0.29) is 0 Å². The van der Waals surface area contributed by atoms with Gasteiger partial charge in [-0.3, -0.25) is 0 Å². The zero-order valence-corrected chi connectivity index (χ0v) is 8.61. The van der Waals surface area contributed by atoms with Gasteiger partial charge >= 0.3 is 29.9 Å². The molecule has 0 aromatic heterocycles. The summed E-state index contributed by atoms with van der Waals surface area (Å²) in [6, 6.07) is 0. The van der Waals surface area contributed by atoms with Crippen molar-refractivity contribution >= 4 is 0 Å². The van der Waals surface area contributed by atoms with Crippen LogP contribution in [0.5, 0.6) is 0 Å². The molecule has 0 saturated carbocycles. The van der Waals surface area contributed by atoms with Crippen LogP contribution in [0.25, 0.3) is 0 Å². The molecule has 0 fully saturated rings. The fourth-order valence-corrected chi connectivity index (χ4v) is 0.823. The second kappa shape index (κ2) is 4.33. The van der Waals surface area contributed by atoms with Crippen LogP contribution in [-0.4, -0.2) is 36.0 Å². The molecule has 0 heterocycles. The molecule has 1 atom stereocenters. The fourth-order valence-electron chi connectivity index (χ4n) is 0.823. The van der Waals surface area contributed by atoms with Crippen LogP contribution in [0.15, 0.2) is 0 Å². The molecule has 1 unspecified atom stereocenters. The normalized spacial score (nSPS) is 17.5. The Morgan fingerprint density at radius 2 is 0.947 bits per heavy atom. The molecule has 0 aliphatic carbocycles. The Labute approximate surface area is 96.9 Å². The Kier molecular flexibility index (Phi) is 4.14. The maximum Gasteiger partial charge on any atom is 0.456 e. The van der Waals surface area contributed by atoms with Gasteiger partial charge in [-0.2, -0.15) is 48.3 Å². The number of halogens is 12. The van der Waals surface area contributed by atoms with Gasteiger partial charge in [0.1, 0.15) is 0 Å². The van der Waals surface area contributed by atoms with E-state index in [9.17, 15) is 52.7 Å². The van der Waals surface area contributed by atoms with Crippen LogP contribution < -0.4 is 0 Å². The van der Waals surface area contributed by atoms with Crippen molar-refractivity contribution < 1.29 is 52.7 Å². The summed E-state index contributed by atoms with van der Waals surface area (Å²) < 4.78 is 146. The SMILES string of the molecule is CC(F)(F)C(F)(F)C(F)(F)C(F)C(F)(F)C(F)(F)F. The molecule has 0 spiro atoms. The minimum Gasteiger partial charge on any atom is -0.233 e. The summed E-state index contributed by atoms with van der Waals surface area (Å²) in [5.41, 5.74) is 0. The number of alkyl halides is 12. The van der Waals surface area contributed by atoms with E-state index in [4.69, 9.17) is 0 Å². The highest BCUT2D eigenvalue weighted by Gasteiger charge is 2.80. The van der Waals surface area contributed by atoms with Crippen LogP contribution in [0.1, 0.15) is 6.92 Å². The molecule has 0 nitrogen and oxygen atoms in total. The summed E-state index contributed by atoms with van der Waals surface area (Å²) in [6.07, 6.45) is -12.8. The molecule has 12 heteroatoms. The third-order valence-corrected chi connectivity index (χ3v) is 1.98. The van der Waals surface area contributed by atoms with Gasteiger partial charge in [-0.15, -0.1) is 0 Å². The van der Waals surface area contributed by atoms with Gasteiger partial charge in [0.2, 0.25) is 6.17 Å². The molecule has 0 N–H and O–H groups in total. The maximum absolute atomic E-state index is 12.5. The largest absolute Gasteiger partial charge is 0.456 e. The molecular weight excluding hydrogens is 312 g/mol. The van der Waals surface area contributed by atoms with Crippen molar-refractivity contribution in [3.8, 4) is 0 Å². The van der Waals surface area contributed by atoms with Crippen molar-refractivity contribution in [2.24, 2.45) is 0 Å². The van der Waals surface area contributed by atoms with E-state index < -0.39 is 43.0 Å². The van der Waals surface area contributed by atoms with E-state index in [0.717, 1.165) is 0 Å². The van der Waals surface area contributed by atoms with Crippen LogP contribution in [0, 0.1) is 0 Å². The van der Waals surface area contributed by atoms with Crippen molar-refractivity contribution in [1.29, 1.82) is 0 Å². The molecule has 0 aromatic carbocycles. The molecular formula is C7H4F12. The Morgan fingerprint density at radius 3 is 1.16 bits per heavy atom. The quantitative estimate of drug-likeness (QED) is 0.672. The molecule has 0 amide bonds. The van der Waals surface area contributed by atoms with Gasteiger partial charge < -0.3 is 0 Å². The second-order valence-electron chi connectivity index (χ2n) is 3.57. The predicted octanol–water partition coefficient (Wildman–Crippen LogP) is 4.45. The molecule has 0 radical (unpaired) electrons. The molecule has 0 rings (SSSR count). The zero-order valence-electron chi connectivity index (χ0n) is 8.61. The predicted molar refractivity (Wildman–Crippen MR) is 36.4 cm³/mol. The van der Waals surface area contributed by atoms with Crippen LogP contribution in [0.4, 0.5) is 52.7 Å². The molecule has 0 saturated heterocycles. The lowest BCUT2D eigenvalue weighted by Gasteiger charge is -2.35. The summed E-state index contributed by atoms with van der Waals surface area (Å²) in [4.78, 5) is 0.